The molecule has 6 nitrogen and oxygen atoms in total. The molecular formula is C19H17Cl2NO5S2. The molecule has 2 heterocycles. The average Bonchev–Trinajstić information content (AvgIpc) is 3.23. The van der Waals surface area contributed by atoms with Crippen LogP contribution in [0.15, 0.2) is 34.7 Å². The number of carboxylic acid groups (broad SMARTS) is 1. The van der Waals surface area contributed by atoms with E-state index in [0.29, 0.717) is 43.4 Å². The molecule has 3 rings (SSSR count). The molecule has 0 saturated heterocycles. The number of ether oxygens (including phenoxy) is 1. The summed E-state index contributed by atoms with van der Waals surface area (Å²) in [4.78, 5) is 11.2. The van der Waals surface area contributed by atoms with Gasteiger partial charge in [-0.15, -0.1) is 11.3 Å². The fourth-order valence-electron chi connectivity index (χ4n) is 2.61. The Morgan fingerprint density at radius 2 is 2.00 bits per heavy atom. The molecule has 0 amide bonds. The van der Waals surface area contributed by atoms with E-state index in [9.17, 15) is 9.90 Å². The highest BCUT2D eigenvalue weighted by Gasteiger charge is 2.15. The molecule has 1 aromatic carbocycles. The first kappa shape index (κ1) is 21.9. The number of benzene rings is 1. The van der Waals surface area contributed by atoms with Crippen molar-refractivity contribution in [3.05, 3.63) is 55.0 Å². The molecule has 10 heteroatoms. The molecule has 0 bridgehead atoms. The topological polar surface area (TPSA) is 84.8 Å². The third kappa shape index (κ3) is 5.61. The largest absolute Gasteiger partial charge is 0.494 e. The van der Waals surface area contributed by atoms with E-state index in [0.717, 1.165) is 5.56 Å². The highest BCUT2D eigenvalue weighted by molar-refractivity contribution is 7.73. The third-order valence-corrected chi connectivity index (χ3v) is 6.23. The fourth-order valence-corrected chi connectivity index (χ4v) is 4.30. The van der Waals surface area contributed by atoms with Crippen LogP contribution < -0.4 is 0 Å². The smallest absolute Gasteiger partial charge is 0.305 e. The van der Waals surface area contributed by atoms with Crippen molar-refractivity contribution >= 4 is 52.7 Å². The van der Waals surface area contributed by atoms with Gasteiger partial charge in [0.2, 0.25) is 5.88 Å². The van der Waals surface area contributed by atoms with Crippen LogP contribution in [0.3, 0.4) is 0 Å². The number of furan rings is 1. The van der Waals surface area contributed by atoms with Crippen LogP contribution in [-0.2, 0) is 22.5 Å². The number of halogens is 2. The van der Waals surface area contributed by atoms with Crippen LogP contribution >= 0.6 is 46.8 Å². The maximum atomic E-state index is 10.5. The summed E-state index contributed by atoms with van der Waals surface area (Å²) in [5, 5.41) is 20.0. The first-order valence-electron chi connectivity index (χ1n) is 8.60. The van der Waals surface area contributed by atoms with Crippen molar-refractivity contribution in [2.45, 2.75) is 19.4 Å². The van der Waals surface area contributed by atoms with E-state index in [1.165, 1.54) is 11.3 Å². The lowest BCUT2D eigenvalue weighted by molar-refractivity contribution is -0.138. The standard InChI is InChI=1S/C19H17Cl2NO5S2/c20-13-3-1-11(9-14(13)21)15-4-2-12(27-15)10-16-18(25)22(19(28)29-16)6-8-26-7-5-17(23)24/h1-4,9,25H,5-8,10H2,(H,23,24). The van der Waals surface area contributed by atoms with Gasteiger partial charge in [-0.25, -0.2) is 0 Å². The molecule has 0 unspecified atom stereocenters. The van der Waals surface area contributed by atoms with Crippen molar-refractivity contribution in [3.8, 4) is 17.2 Å². The lowest BCUT2D eigenvalue weighted by Gasteiger charge is -2.06. The molecule has 0 atom stereocenters. The minimum absolute atomic E-state index is 0.0636. The number of rotatable bonds is 9. The van der Waals surface area contributed by atoms with Crippen molar-refractivity contribution in [2.75, 3.05) is 13.2 Å². The van der Waals surface area contributed by atoms with Gasteiger partial charge in [0.25, 0.3) is 0 Å². The Morgan fingerprint density at radius 3 is 2.72 bits per heavy atom. The van der Waals surface area contributed by atoms with Crippen LogP contribution in [0.2, 0.25) is 10.0 Å². The van der Waals surface area contributed by atoms with Gasteiger partial charge < -0.3 is 19.4 Å². The zero-order chi connectivity index (χ0) is 21.0. The molecule has 0 spiro atoms. The number of nitrogens with zero attached hydrogens (tertiary/aromatic N) is 1. The molecule has 3 aromatic rings. The van der Waals surface area contributed by atoms with E-state index < -0.39 is 5.97 Å². The molecule has 0 fully saturated rings. The molecule has 0 aliphatic carbocycles. The Labute approximate surface area is 185 Å². The second-order valence-corrected chi connectivity index (χ2v) is 8.64. The van der Waals surface area contributed by atoms with Crippen LogP contribution in [0, 0.1) is 3.95 Å². The van der Waals surface area contributed by atoms with Crippen molar-refractivity contribution in [2.24, 2.45) is 0 Å². The van der Waals surface area contributed by atoms with Gasteiger partial charge in [0.1, 0.15) is 11.5 Å². The summed E-state index contributed by atoms with van der Waals surface area (Å²) in [6, 6.07) is 8.92. The molecular weight excluding hydrogens is 457 g/mol. The van der Waals surface area contributed by atoms with Crippen LogP contribution in [0.4, 0.5) is 0 Å². The zero-order valence-corrected chi connectivity index (χ0v) is 18.2. The first-order chi connectivity index (χ1) is 13.8. The van der Waals surface area contributed by atoms with Crippen LogP contribution in [0.25, 0.3) is 11.3 Å². The van der Waals surface area contributed by atoms with Gasteiger partial charge in [-0.2, -0.15) is 0 Å². The Bertz CT molecular complexity index is 1070. The molecule has 2 N–H and O–H groups in total. The second kappa shape index (κ2) is 9.77. The minimum atomic E-state index is -0.916. The van der Waals surface area contributed by atoms with E-state index in [2.05, 4.69) is 0 Å². The maximum absolute atomic E-state index is 10.5. The molecule has 154 valence electrons. The number of hydrogen-bond donors (Lipinski definition) is 2. The normalized spacial score (nSPS) is 11.1. The summed E-state index contributed by atoms with van der Waals surface area (Å²) in [5.74, 6) is 0.464. The number of aromatic hydroxyl groups is 1. The molecule has 0 saturated carbocycles. The van der Waals surface area contributed by atoms with Gasteiger partial charge in [0, 0.05) is 12.0 Å². The Hall–Kier alpha value is -1.84. The second-order valence-electron chi connectivity index (χ2n) is 6.09. The number of thiazole rings is 1. The third-order valence-electron chi connectivity index (χ3n) is 4.06. The molecule has 0 aliphatic rings. The van der Waals surface area contributed by atoms with E-state index in [4.69, 9.17) is 49.7 Å². The number of carboxylic acids is 1. The molecule has 0 radical (unpaired) electrons. The minimum Gasteiger partial charge on any atom is -0.494 e. The lowest BCUT2D eigenvalue weighted by atomic mass is 10.2. The number of aliphatic carboxylic acids is 1. The monoisotopic (exact) mass is 473 g/mol. The summed E-state index contributed by atoms with van der Waals surface area (Å²) >= 11 is 18.6. The summed E-state index contributed by atoms with van der Waals surface area (Å²) in [5.41, 5.74) is 0.804. The predicted molar refractivity (Wildman–Crippen MR) is 115 cm³/mol. The van der Waals surface area contributed by atoms with Gasteiger partial charge >= 0.3 is 5.97 Å². The van der Waals surface area contributed by atoms with Gasteiger partial charge in [-0.3, -0.25) is 9.36 Å². The van der Waals surface area contributed by atoms with E-state index in [1.54, 1.807) is 16.7 Å². The molecule has 0 aliphatic heterocycles. The number of carbonyl (C=O) groups is 1. The van der Waals surface area contributed by atoms with Gasteiger partial charge in [-0.1, -0.05) is 23.2 Å². The van der Waals surface area contributed by atoms with Crippen LogP contribution in [0.1, 0.15) is 17.1 Å². The van der Waals surface area contributed by atoms with Crippen molar-refractivity contribution in [1.29, 1.82) is 0 Å². The highest BCUT2D eigenvalue weighted by atomic mass is 35.5. The van der Waals surface area contributed by atoms with Gasteiger partial charge in [-0.05, 0) is 42.5 Å². The Balaban J connectivity index is 1.66. The van der Waals surface area contributed by atoms with Crippen LogP contribution in [0.5, 0.6) is 5.88 Å². The maximum Gasteiger partial charge on any atom is 0.305 e. The fraction of sp³-hybridized carbons (Fsp3) is 0.263. The van der Waals surface area contributed by atoms with Crippen molar-refractivity contribution in [3.63, 3.8) is 0 Å². The summed E-state index contributed by atoms with van der Waals surface area (Å²) < 4.78 is 13.2. The quantitative estimate of drug-likeness (QED) is 0.309. The lowest BCUT2D eigenvalue weighted by Crippen LogP contribution is -2.09. The van der Waals surface area contributed by atoms with E-state index in [-0.39, 0.29) is 25.5 Å². The van der Waals surface area contributed by atoms with Crippen molar-refractivity contribution < 1.29 is 24.2 Å². The van der Waals surface area contributed by atoms with Crippen LogP contribution in [-0.4, -0.2) is 34.0 Å². The average molecular weight is 474 g/mol. The summed E-state index contributed by atoms with van der Waals surface area (Å²) in [7, 11) is 0. The predicted octanol–water partition coefficient (Wildman–Crippen LogP) is 5.63. The summed E-state index contributed by atoms with van der Waals surface area (Å²) in [6.45, 7) is 0.714. The molecule has 29 heavy (non-hydrogen) atoms. The Kier molecular flexibility index (Phi) is 7.37. The first-order valence-corrected chi connectivity index (χ1v) is 10.6. The molecule has 2 aromatic heterocycles. The van der Waals surface area contributed by atoms with Gasteiger partial charge in [0.05, 0.1) is 41.1 Å². The number of aromatic nitrogens is 1. The highest BCUT2D eigenvalue weighted by Crippen LogP contribution is 2.32. The zero-order valence-electron chi connectivity index (χ0n) is 15.1. The summed E-state index contributed by atoms with van der Waals surface area (Å²) in [6.07, 6.45) is 0.320. The van der Waals surface area contributed by atoms with Crippen molar-refractivity contribution in [1.82, 2.24) is 4.57 Å². The number of hydrogen-bond acceptors (Lipinski definition) is 6. The van der Waals surface area contributed by atoms with E-state index >= 15 is 0 Å². The van der Waals surface area contributed by atoms with Gasteiger partial charge in [0.15, 0.2) is 3.95 Å². The SMILES string of the molecule is O=C(O)CCOCCn1c(O)c(Cc2ccc(-c3ccc(Cl)c(Cl)c3)o2)sc1=S. The van der Waals surface area contributed by atoms with E-state index in [1.807, 2.05) is 18.2 Å². The Morgan fingerprint density at radius 1 is 1.21 bits per heavy atom.